The third-order valence-corrected chi connectivity index (χ3v) is 3.89. The Morgan fingerprint density at radius 2 is 1.90 bits per heavy atom. The van der Waals surface area contributed by atoms with Crippen molar-refractivity contribution in [3.63, 3.8) is 0 Å². The van der Waals surface area contributed by atoms with Gasteiger partial charge in [-0.1, -0.05) is 62.9 Å². The molecule has 0 amide bonds. The van der Waals surface area contributed by atoms with Crippen molar-refractivity contribution in [2.75, 3.05) is 6.61 Å². The molecule has 0 saturated heterocycles. The highest BCUT2D eigenvalue weighted by molar-refractivity contribution is 6.34. The zero-order valence-corrected chi connectivity index (χ0v) is 12.9. The highest BCUT2D eigenvalue weighted by atomic mass is 35.5. The average Bonchev–Trinajstić information content (AvgIpc) is 2.49. The fourth-order valence-corrected chi connectivity index (χ4v) is 2.45. The zero-order chi connectivity index (χ0) is 14.4. The maximum atomic E-state index is 6.06. The van der Waals surface area contributed by atoms with E-state index in [9.17, 15) is 0 Å². The van der Waals surface area contributed by atoms with Crippen LogP contribution in [0.4, 0.5) is 0 Å². The number of aromatic nitrogens is 2. The van der Waals surface area contributed by atoms with Crippen LogP contribution in [0.3, 0.4) is 0 Å². The van der Waals surface area contributed by atoms with Gasteiger partial charge in [-0.05, 0) is 18.4 Å². The molecule has 0 bridgehead atoms. The second-order valence-corrected chi connectivity index (χ2v) is 5.43. The predicted octanol–water partition coefficient (Wildman–Crippen LogP) is 4.88. The number of benzene rings is 1. The normalized spacial score (nSPS) is 12.6. The number of nitrogens with zero attached hydrogens (tertiary/aromatic N) is 2. The lowest BCUT2D eigenvalue weighted by Gasteiger charge is -2.15. The van der Waals surface area contributed by atoms with Gasteiger partial charge in [0.15, 0.2) is 5.15 Å². The van der Waals surface area contributed by atoms with Crippen LogP contribution in [0.5, 0.6) is 5.88 Å². The summed E-state index contributed by atoms with van der Waals surface area (Å²) in [6.45, 7) is 5.11. The largest absolute Gasteiger partial charge is 0.476 e. The molecule has 1 unspecified atom stereocenters. The lowest BCUT2D eigenvalue weighted by molar-refractivity contribution is 0.226. The van der Waals surface area contributed by atoms with Crippen LogP contribution in [-0.2, 0) is 0 Å². The molecule has 1 aromatic carbocycles. The van der Waals surface area contributed by atoms with Gasteiger partial charge in [0.1, 0.15) is 0 Å². The van der Waals surface area contributed by atoms with Gasteiger partial charge in [0.25, 0.3) is 0 Å². The second kappa shape index (κ2) is 7.44. The molecule has 0 saturated carbocycles. The lowest BCUT2D eigenvalue weighted by Crippen LogP contribution is -2.12. The Hall–Kier alpha value is -1.35. The SMILES string of the molecule is CCCCC(CC)COc1nnc(Cl)c2ccccc12. The maximum absolute atomic E-state index is 6.06. The van der Waals surface area contributed by atoms with Gasteiger partial charge in [-0.2, -0.15) is 0 Å². The number of hydrogen-bond donors (Lipinski definition) is 0. The summed E-state index contributed by atoms with van der Waals surface area (Å²) >= 11 is 6.06. The van der Waals surface area contributed by atoms with Crippen molar-refractivity contribution in [1.82, 2.24) is 10.2 Å². The number of ether oxygens (including phenoxy) is 1. The van der Waals surface area contributed by atoms with Crippen molar-refractivity contribution in [2.45, 2.75) is 39.5 Å². The van der Waals surface area contributed by atoms with E-state index in [1.165, 1.54) is 19.3 Å². The highest BCUT2D eigenvalue weighted by Gasteiger charge is 2.11. The number of halogens is 1. The van der Waals surface area contributed by atoms with Gasteiger partial charge in [0.2, 0.25) is 5.88 Å². The molecule has 2 aromatic rings. The van der Waals surface area contributed by atoms with Crippen molar-refractivity contribution in [3.8, 4) is 5.88 Å². The average molecular weight is 293 g/mol. The van der Waals surface area contributed by atoms with E-state index in [-0.39, 0.29) is 0 Å². The van der Waals surface area contributed by atoms with Crippen LogP contribution in [0.2, 0.25) is 5.15 Å². The minimum Gasteiger partial charge on any atom is -0.476 e. The van der Waals surface area contributed by atoms with Gasteiger partial charge >= 0.3 is 0 Å². The van der Waals surface area contributed by atoms with E-state index in [1.807, 2.05) is 24.3 Å². The molecule has 0 N–H and O–H groups in total. The third-order valence-electron chi connectivity index (χ3n) is 3.61. The maximum Gasteiger partial charge on any atom is 0.241 e. The summed E-state index contributed by atoms with van der Waals surface area (Å²) in [5, 5.41) is 10.3. The molecule has 0 aliphatic heterocycles. The van der Waals surface area contributed by atoms with E-state index in [0.29, 0.717) is 23.6 Å². The lowest BCUT2D eigenvalue weighted by atomic mass is 10.0. The van der Waals surface area contributed by atoms with Crippen molar-refractivity contribution in [3.05, 3.63) is 29.4 Å². The Morgan fingerprint density at radius 3 is 2.60 bits per heavy atom. The van der Waals surface area contributed by atoms with Crippen LogP contribution in [0, 0.1) is 5.92 Å². The number of fused-ring (bicyclic) bond motifs is 1. The van der Waals surface area contributed by atoms with Crippen LogP contribution in [-0.4, -0.2) is 16.8 Å². The minimum absolute atomic E-state index is 0.422. The first-order valence-electron chi connectivity index (χ1n) is 7.30. The summed E-state index contributed by atoms with van der Waals surface area (Å²) in [4.78, 5) is 0. The summed E-state index contributed by atoms with van der Waals surface area (Å²) in [5.41, 5.74) is 0. The van der Waals surface area contributed by atoms with E-state index in [0.717, 1.165) is 17.2 Å². The zero-order valence-electron chi connectivity index (χ0n) is 12.1. The first kappa shape index (κ1) is 15.0. The Morgan fingerprint density at radius 1 is 1.15 bits per heavy atom. The molecule has 1 aromatic heterocycles. The summed E-state index contributed by atoms with van der Waals surface area (Å²) < 4.78 is 5.89. The number of hydrogen-bond acceptors (Lipinski definition) is 3. The molecule has 1 heterocycles. The van der Waals surface area contributed by atoms with Crippen LogP contribution in [0.15, 0.2) is 24.3 Å². The van der Waals surface area contributed by atoms with E-state index in [4.69, 9.17) is 16.3 Å². The van der Waals surface area contributed by atoms with Gasteiger partial charge in [-0.25, -0.2) is 0 Å². The standard InChI is InChI=1S/C16H21ClN2O/c1-3-5-8-12(4-2)11-20-16-14-10-7-6-9-13(14)15(17)18-19-16/h6-7,9-10,12H,3-5,8,11H2,1-2H3. The molecular weight excluding hydrogens is 272 g/mol. The van der Waals surface area contributed by atoms with Crippen molar-refractivity contribution in [2.24, 2.45) is 5.92 Å². The Balaban J connectivity index is 2.11. The van der Waals surface area contributed by atoms with Crippen LogP contribution < -0.4 is 4.74 Å². The third kappa shape index (κ3) is 3.60. The molecule has 0 aliphatic rings. The summed E-state index contributed by atoms with van der Waals surface area (Å²) in [7, 11) is 0. The molecule has 0 aliphatic carbocycles. The van der Waals surface area contributed by atoms with E-state index in [2.05, 4.69) is 24.0 Å². The van der Waals surface area contributed by atoms with Crippen molar-refractivity contribution in [1.29, 1.82) is 0 Å². The Bertz CT molecular complexity index is 559. The van der Waals surface area contributed by atoms with Crippen LogP contribution in [0.25, 0.3) is 10.8 Å². The number of unbranched alkanes of at least 4 members (excludes halogenated alkanes) is 1. The van der Waals surface area contributed by atoms with Gasteiger partial charge in [0.05, 0.1) is 6.61 Å². The van der Waals surface area contributed by atoms with E-state index >= 15 is 0 Å². The molecular formula is C16H21ClN2O. The van der Waals surface area contributed by atoms with E-state index in [1.54, 1.807) is 0 Å². The predicted molar refractivity (Wildman–Crippen MR) is 83.3 cm³/mol. The van der Waals surface area contributed by atoms with Gasteiger partial charge in [0, 0.05) is 10.8 Å². The summed E-state index contributed by atoms with van der Waals surface area (Å²) in [6.07, 6.45) is 4.79. The quantitative estimate of drug-likeness (QED) is 0.729. The summed E-state index contributed by atoms with van der Waals surface area (Å²) in [6, 6.07) is 7.81. The summed E-state index contributed by atoms with van der Waals surface area (Å²) in [5.74, 6) is 1.16. The van der Waals surface area contributed by atoms with Crippen LogP contribution in [0.1, 0.15) is 39.5 Å². The van der Waals surface area contributed by atoms with Gasteiger partial charge < -0.3 is 4.74 Å². The van der Waals surface area contributed by atoms with Crippen molar-refractivity contribution < 1.29 is 4.74 Å². The van der Waals surface area contributed by atoms with Crippen LogP contribution >= 0.6 is 11.6 Å². The fraction of sp³-hybridized carbons (Fsp3) is 0.500. The fourth-order valence-electron chi connectivity index (χ4n) is 2.25. The van der Waals surface area contributed by atoms with E-state index < -0.39 is 0 Å². The molecule has 20 heavy (non-hydrogen) atoms. The molecule has 0 fully saturated rings. The molecule has 3 nitrogen and oxygen atoms in total. The van der Waals surface area contributed by atoms with Crippen molar-refractivity contribution >= 4 is 22.4 Å². The monoisotopic (exact) mass is 292 g/mol. The number of rotatable bonds is 7. The molecule has 4 heteroatoms. The first-order chi connectivity index (χ1) is 9.76. The first-order valence-corrected chi connectivity index (χ1v) is 7.67. The molecule has 1 atom stereocenters. The molecule has 108 valence electrons. The Kier molecular flexibility index (Phi) is 5.60. The van der Waals surface area contributed by atoms with Gasteiger partial charge in [-0.3, -0.25) is 0 Å². The topological polar surface area (TPSA) is 35.0 Å². The molecule has 0 spiro atoms. The smallest absolute Gasteiger partial charge is 0.241 e. The second-order valence-electron chi connectivity index (χ2n) is 5.07. The highest BCUT2D eigenvalue weighted by Crippen LogP contribution is 2.27. The van der Waals surface area contributed by atoms with Gasteiger partial charge in [-0.15, -0.1) is 10.2 Å². The molecule has 2 rings (SSSR count). The Labute approximate surface area is 125 Å². The molecule has 0 radical (unpaired) electrons. The minimum atomic E-state index is 0.422.